The Morgan fingerprint density at radius 2 is 1.87 bits per heavy atom. The number of benzene rings is 1. The van der Waals surface area contributed by atoms with Crippen molar-refractivity contribution >= 4 is 16.1 Å². The smallest absolute Gasteiger partial charge is 0.279 e. The van der Waals surface area contributed by atoms with Gasteiger partial charge in [-0.2, -0.15) is 17.4 Å². The molecule has 6 nitrogen and oxygen atoms in total. The summed E-state index contributed by atoms with van der Waals surface area (Å²) in [5, 5.41) is 0. The van der Waals surface area contributed by atoms with Crippen LogP contribution in [0.2, 0.25) is 0 Å². The lowest BCUT2D eigenvalue weighted by Crippen LogP contribution is -2.49. The summed E-state index contributed by atoms with van der Waals surface area (Å²) in [4.78, 5) is 14.2. The van der Waals surface area contributed by atoms with Crippen molar-refractivity contribution in [3.63, 3.8) is 0 Å². The van der Waals surface area contributed by atoms with Crippen LogP contribution in [0, 0.1) is 6.92 Å². The van der Waals surface area contributed by atoms with Crippen LogP contribution in [0.1, 0.15) is 24.0 Å². The largest absolute Gasteiger partial charge is 0.342 e. The first-order valence-corrected chi connectivity index (χ1v) is 9.25. The number of hydrogen-bond acceptors (Lipinski definition) is 3. The fraction of sp³-hybridized carbons (Fsp3) is 0.562. The Labute approximate surface area is 138 Å². The molecule has 0 atom stereocenters. The summed E-state index contributed by atoms with van der Waals surface area (Å²) >= 11 is 0. The molecule has 7 heteroatoms. The van der Waals surface area contributed by atoms with E-state index in [2.05, 4.69) is 4.72 Å². The molecular formula is C16H25N3O3S. The van der Waals surface area contributed by atoms with E-state index in [0.29, 0.717) is 32.4 Å². The maximum Gasteiger partial charge on any atom is 0.279 e. The quantitative estimate of drug-likeness (QED) is 0.867. The molecule has 1 heterocycles. The minimum Gasteiger partial charge on any atom is -0.342 e. The van der Waals surface area contributed by atoms with E-state index in [1.165, 1.54) is 18.4 Å². The SMILES string of the molecule is Cc1ccccc1CC(=O)N1CCC(NS(=O)(=O)N(C)C)CC1. The fourth-order valence-electron chi connectivity index (χ4n) is 2.65. The number of nitrogens with zero attached hydrogens (tertiary/aromatic N) is 2. The molecule has 0 aromatic heterocycles. The monoisotopic (exact) mass is 339 g/mol. The molecule has 0 radical (unpaired) electrons. The van der Waals surface area contributed by atoms with Crippen LogP contribution in [0.3, 0.4) is 0 Å². The van der Waals surface area contributed by atoms with Gasteiger partial charge >= 0.3 is 0 Å². The van der Waals surface area contributed by atoms with Crippen molar-refractivity contribution in [2.45, 2.75) is 32.2 Å². The summed E-state index contributed by atoms with van der Waals surface area (Å²) < 4.78 is 27.5. The van der Waals surface area contributed by atoms with Crippen molar-refractivity contribution in [3.8, 4) is 0 Å². The molecule has 1 aromatic carbocycles. The molecule has 1 saturated heterocycles. The van der Waals surface area contributed by atoms with E-state index < -0.39 is 10.2 Å². The topological polar surface area (TPSA) is 69.7 Å². The van der Waals surface area contributed by atoms with Gasteiger partial charge in [0, 0.05) is 33.2 Å². The summed E-state index contributed by atoms with van der Waals surface area (Å²) in [5.41, 5.74) is 2.17. The van der Waals surface area contributed by atoms with Gasteiger partial charge in [-0.05, 0) is 30.9 Å². The molecule has 0 bridgehead atoms. The summed E-state index contributed by atoms with van der Waals surface area (Å²) in [5.74, 6) is 0.105. The number of carbonyl (C=O) groups is 1. The third-order valence-corrected chi connectivity index (χ3v) is 5.84. The predicted octanol–water partition coefficient (Wildman–Crippen LogP) is 0.925. The standard InChI is InChI=1S/C16H25N3O3S/c1-13-6-4-5-7-14(13)12-16(20)19-10-8-15(9-11-19)17-23(21,22)18(2)3/h4-7,15,17H,8-12H2,1-3H3. The maximum atomic E-state index is 12.4. The average molecular weight is 339 g/mol. The van der Waals surface area contributed by atoms with Gasteiger partial charge < -0.3 is 4.90 Å². The summed E-state index contributed by atoms with van der Waals surface area (Å²) in [6.45, 7) is 3.18. The number of amides is 1. The Morgan fingerprint density at radius 1 is 1.26 bits per heavy atom. The van der Waals surface area contributed by atoms with Gasteiger partial charge in [0.05, 0.1) is 6.42 Å². The van der Waals surface area contributed by atoms with Crippen molar-refractivity contribution in [1.82, 2.24) is 13.9 Å². The average Bonchev–Trinajstić information content (AvgIpc) is 2.49. The molecule has 1 N–H and O–H groups in total. The van der Waals surface area contributed by atoms with Gasteiger partial charge in [-0.15, -0.1) is 0 Å². The van der Waals surface area contributed by atoms with Crippen molar-refractivity contribution in [3.05, 3.63) is 35.4 Å². The Balaban J connectivity index is 1.87. The predicted molar refractivity (Wildman–Crippen MR) is 90.2 cm³/mol. The summed E-state index contributed by atoms with van der Waals surface area (Å²) in [6.07, 6.45) is 1.69. The number of hydrogen-bond donors (Lipinski definition) is 1. The van der Waals surface area contributed by atoms with Gasteiger partial charge in [0.25, 0.3) is 10.2 Å². The molecular weight excluding hydrogens is 314 g/mol. The zero-order valence-corrected chi connectivity index (χ0v) is 14.8. The van der Waals surface area contributed by atoms with Crippen molar-refractivity contribution in [2.75, 3.05) is 27.2 Å². The van der Waals surface area contributed by atoms with E-state index in [9.17, 15) is 13.2 Å². The van der Waals surface area contributed by atoms with E-state index in [1.807, 2.05) is 36.1 Å². The molecule has 1 aliphatic heterocycles. The highest BCUT2D eigenvalue weighted by molar-refractivity contribution is 7.87. The van der Waals surface area contributed by atoms with Crippen LogP contribution in [-0.4, -0.2) is 56.8 Å². The van der Waals surface area contributed by atoms with Gasteiger partial charge in [-0.3, -0.25) is 4.79 Å². The normalized spacial score (nSPS) is 16.8. The Bertz CT molecular complexity index is 650. The van der Waals surface area contributed by atoms with Crippen LogP contribution >= 0.6 is 0 Å². The Kier molecular flexibility index (Phi) is 5.78. The first-order chi connectivity index (χ1) is 10.8. The minimum atomic E-state index is -3.41. The van der Waals surface area contributed by atoms with Gasteiger partial charge in [-0.1, -0.05) is 24.3 Å². The molecule has 0 spiro atoms. The zero-order valence-electron chi connectivity index (χ0n) is 13.9. The second kappa shape index (κ2) is 7.42. The van der Waals surface area contributed by atoms with E-state index in [-0.39, 0.29) is 11.9 Å². The van der Waals surface area contributed by atoms with Crippen LogP contribution in [-0.2, 0) is 21.4 Å². The number of nitrogens with one attached hydrogen (secondary N) is 1. The number of piperidine rings is 1. The first-order valence-electron chi connectivity index (χ1n) is 7.81. The highest BCUT2D eigenvalue weighted by Gasteiger charge is 2.26. The van der Waals surface area contributed by atoms with E-state index >= 15 is 0 Å². The van der Waals surface area contributed by atoms with Gasteiger partial charge in [-0.25, -0.2) is 0 Å². The third kappa shape index (κ3) is 4.76. The van der Waals surface area contributed by atoms with Gasteiger partial charge in [0.15, 0.2) is 0 Å². The van der Waals surface area contributed by atoms with Crippen LogP contribution in [0.5, 0.6) is 0 Å². The molecule has 1 fully saturated rings. The summed E-state index contributed by atoms with van der Waals surface area (Å²) in [7, 11) is -0.404. The molecule has 0 unspecified atom stereocenters. The first kappa shape index (κ1) is 17.9. The number of rotatable bonds is 5. The second-order valence-corrected chi connectivity index (χ2v) is 8.08. The van der Waals surface area contributed by atoms with Crippen molar-refractivity contribution in [2.24, 2.45) is 0 Å². The molecule has 0 aliphatic carbocycles. The molecule has 2 rings (SSSR count). The summed E-state index contributed by atoms with van der Waals surface area (Å²) in [6, 6.07) is 7.78. The Morgan fingerprint density at radius 3 is 2.43 bits per heavy atom. The molecule has 1 aromatic rings. The van der Waals surface area contributed by atoms with E-state index in [0.717, 1.165) is 11.1 Å². The Hall–Kier alpha value is -1.44. The lowest BCUT2D eigenvalue weighted by atomic mass is 10.0. The van der Waals surface area contributed by atoms with Crippen molar-refractivity contribution < 1.29 is 13.2 Å². The van der Waals surface area contributed by atoms with Crippen LogP contribution in [0.25, 0.3) is 0 Å². The third-order valence-electron chi connectivity index (χ3n) is 4.25. The lowest BCUT2D eigenvalue weighted by molar-refractivity contribution is -0.131. The number of aryl methyl sites for hydroxylation is 1. The molecule has 0 saturated carbocycles. The molecule has 128 valence electrons. The lowest BCUT2D eigenvalue weighted by Gasteiger charge is -2.33. The van der Waals surface area contributed by atoms with Crippen molar-refractivity contribution in [1.29, 1.82) is 0 Å². The minimum absolute atomic E-state index is 0.105. The van der Waals surface area contributed by atoms with Gasteiger partial charge in [0.2, 0.25) is 5.91 Å². The highest BCUT2D eigenvalue weighted by atomic mass is 32.2. The molecule has 23 heavy (non-hydrogen) atoms. The zero-order chi connectivity index (χ0) is 17.0. The van der Waals surface area contributed by atoms with Gasteiger partial charge in [0.1, 0.15) is 0 Å². The molecule has 1 amide bonds. The number of likely N-dealkylation sites (tertiary alicyclic amines) is 1. The number of carbonyl (C=O) groups excluding carboxylic acids is 1. The van der Waals surface area contributed by atoms with Crippen LogP contribution in [0.15, 0.2) is 24.3 Å². The second-order valence-electron chi connectivity index (χ2n) is 6.16. The molecule has 1 aliphatic rings. The highest BCUT2D eigenvalue weighted by Crippen LogP contribution is 2.15. The van der Waals surface area contributed by atoms with E-state index in [4.69, 9.17) is 0 Å². The maximum absolute atomic E-state index is 12.4. The fourth-order valence-corrected chi connectivity index (χ4v) is 3.51. The van der Waals surface area contributed by atoms with Crippen LogP contribution < -0.4 is 4.72 Å². The van der Waals surface area contributed by atoms with Crippen LogP contribution in [0.4, 0.5) is 0 Å². The van der Waals surface area contributed by atoms with E-state index in [1.54, 1.807) is 0 Å².